The van der Waals surface area contributed by atoms with Crippen molar-refractivity contribution in [3.63, 3.8) is 0 Å². The summed E-state index contributed by atoms with van der Waals surface area (Å²) in [6, 6.07) is 0.753. The number of likely N-dealkylation sites (tertiary alicyclic amines) is 1. The van der Waals surface area contributed by atoms with Gasteiger partial charge in [0.2, 0.25) is 5.91 Å². The molecule has 4 heteroatoms. The molecule has 0 aromatic heterocycles. The number of amides is 1. The summed E-state index contributed by atoms with van der Waals surface area (Å²) in [4.78, 5) is 13.7. The molecule has 3 unspecified atom stereocenters. The molecule has 0 aromatic rings. The maximum atomic E-state index is 11.3. The highest BCUT2D eigenvalue weighted by Crippen LogP contribution is 2.25. The molecule has 1 heterocycles. The fourth-order valence-corrected chi connectivity index (χ4v) is 3.31. The molecule has 1 saturated carbocycles. The van der Waals surface area contributed by atoms with Crippen molar-refractivity contribution in [1.29, 1.82) is 0 Å². The molecular weight excluding hydrogens is 214 g/mol. The third-order valence-electron chi connectivity index (χ3n) is 4.36. The van der Waals surface area contributed by atoms with Crippen LogP contribution in [-0.4, -0.2) is 36.0 Å². The van der Waals surface area contributed by atoms with Gasteiger partial charge >= 0.3 is 0 Å². The molecule has 2 aliphatic rings. The lowest BCUT2D eigenvalue weighted by Crippen LogP contribution is -2.52. The molecule has 2 fully saturated rings. The van der Waals surface area contributed by atoms with Crippen molar-refractivity contribution in [3.05, 3.63) is 0 Å². The highest BCUT2D eigenvalue weighted by atomic mass is 16.1. The number of carbonyl (C=O) groups is 1. The Balaban J connectivity index is 1.97. The lowest BCUT2D eigenvalue weighted by molar-refractivity contribution is -0.123. The summed E-state index contributed by atoms with van der Waals surface area (Å²) >= 11 is 0. The van der Waals surface area contributed by atoms with E-state index in [0.717, 1.165) is 32.4 Å². The largest absolute Gasteiger partial charge is 0.369 e. The minimum Gasteiger partial charge on any atom is -0.369 e. The van der Waals surface area contributed by atoms with Crippen LogP contribution in [0, 0.1) is 5.92 Å². The molecule has 3 atom stereocenters. The number of piperidine rings is 1. The van der Waals surface area contributed by atoms with Gasteiger partial charge in [-0.2, -0.15) is 0 Å². The average Bonchev–Trinajstić information content (AvgIpc) is 2.54. The van der Waals surface area contributed by atoms with Gasteiger partial charge in [0.25, 0.3) is 0 Å². The summed E-state index contributed by atoms with van der Waals surface area (Å²) in [6.45, 7) is 1.91. The Hall–Kier alpha value is -0.610. The predicted octanol–water partition coefficient (Wildman–Crippen LogP) is 0.844. The second-order valence-corrected chi connectivity index (χ2v) is 5.61. The lowest BCUT2D eigenvalue weighted by Gasteiger charge is -2.39. The Morgan fingerprint density at radius 3 is 2.59 bits per heavy atom. The summed E-state index contributed by atoms with van der Waals surface area (Å²) < 4.78 is 0. The first-order valence-corrected chi connectivity index (χ1v) is 6.97. The molecule has 0 spiro atoms. The number of carbonyl (C=O) groups excluding carboxylic acids is 1. The van der Waals surface area contributed by atoms with Crippen molar-refractivity contribution in [2.24, 2.45) is 17.4 Å². The third kappa shape index (κ3) is 3.19. The van der Waals surface area contributed by atoms with Gasteiger partial charge in [0.15, 0.2) is 0 Å². The van der Waals surface area contributed by atoms with Crippen molar-refractivity contribution in [3.8, 4) is 0 Å². The fraction of sp³-hybridized carbons (Fsp3) is 0.923. The first-order valence-electron chi connectivity index (χ1n) is 6.97. The van der Waals surface area contributed by atoms with Gasteiger partial charge in [0, 0.05) is 18.6 Å². The van der Waals surface area contributed by atoms with E-state index in [1.807, 2.05) is 0 Å². The molecule has 1 amide bonds. The van der Waals surface area contributed by atoms with Gasteiger partial charge in [-0.1, -0.05) is 19.3 Å². The van der Waals surface area contributed by atoms with Crippen LogP contribution in [0.25, 0.3) is 0 Å². The summed E-state index contributed by atoms with van der Waals surface area (Å²) in [6.07, 6.45) is 8.18. The van der Waals surface area contributed by atoms with Crippen LogP contribution in [0.5, 0.6) is 0 Å². The zero-order valence-corrected chi connectivity index (χ0v) is 10.6. The molecule has 4 N–H and O–H groups in total. The van der Waals surface area contributed by atoms with Crippen molar-refractivity contribution in [2.45, 2.75) is 57.0 Å². The zero-order valence-electron chi connectivity index (χ0n) is 10.6. The smallest absolute Gasteiger partial charge is 0.221 e. The van der Waals surface area contributed by atoms with Crippen LogP contribution < -0.4 is 11.5 Å². The molecule has 1 aliphatic heterocycles. The number of rotatable bonds is 2. The molecule has 1 aliphatic carbocycles. The van der Waals surface area contributed by atoms with Crippen LogP contribution >= 0.6 is 0 Å². The standard InChI is InChI=1S/C13H25N3O/c14-11-6-2-1-3-7-12(11)16-8-4-5-10(9-16)13(15)17/h10-12H,1-9,14H2,(H2,15,17). The van der Waals surface area contributed by atoms with E-state index < -0.39 is 0 Å². The van der Waals surface area contributed by atoms with Gasteiger partial charge < -0.3 is 11.5 Å². The van der Waals surface area contributed by atoms with Crippen molar-refractivity contribution >= 4 is 5.91 Å². The average molecular weight is 239 g/mol. The first-order chi connectivity index (χ1) is 8.18. The fourth-order valence-electron chi connectivity index (χ4n) is 3.31. The minimum absolute atomic E-state index is 0.0409. The first kappa shape index (κ1) is 12.8. The van der Waals surface area contributed by atoms with E-state index in [2.05, 4.69) is 4.90 Å². The Kier molecular flexibility index (Phi) is 4.40. The molecule has 1 saturated heterocycles. The van der Waals surface area contributed by atoms with Gasteiger partial charge in [-0.15, -0.1) is 0 Å². The number of nitrogens with two attached hydrogens (primary N) is 2. The normalized spacial score (nSPS) is 36.4. The van der Waals surface area contributed by atoms with Gasteiger partial charge in [0.1, 0.15) is 0 Å². The molecule has 0 bridgehead atoms. The number of hydrogen-bond donors (Lipinski definition) is 2. The Morgan fingerprint density at radius 1 is 1.06 bits per heavy atom. The van der Waals surface area contributed by atoms with E-state index in [1.165, 1.54) is 25.7 Å². The Bertz CT molecular complexity index is 269. The van der Waals surface area contributed by atoms with Crippen molar-refractivity contribution in [1.82, 2.24) is 4.90 Å². The van der Waals surface area contributed by atoms with Gasteiger partial charge in [-0.25, -0.2) is 0 Å². The van der Waals surface area contributed by atoms with E-state index in [0.29, 0.717) is 6.04 Å². The van der Waals surface area contributed by atoms with Gasteiger partial charge in [-0.3, -0.25) is 9.69 Å². The summed E-state index contributed by atoms with van der Waals surface area (Å²) in [7, 11) is 0. The second kappa shape index (κ2) is 5.83. The molecule has 2 rings (SSSR count). The minimum atomic E-state index is -0.142. The molecule has 98 valence electrons. The topological polar surface area (TPSA) is 72.4 Å². The summed E-state index contributed by atoms with van der Waals surface area (Å²) in [5.74, 6) is -0.101. The third-order valence-corrected chi connectivity index (χ3v) is 4.36. The molecule has 0 radical (unpaired) electrons. The Labute approximate surface area is 104 Å². The number of nitrogens with zero attached hydrogens (tertiary/aromatic N) is 1. The molecule has 17 heavy (non-hydrogen) atoms. The SMILES string of the molecule is NC(=O)C1CCCN(C2CCCCCC2N)C1. The number of hydrogen-bond acceptors (Lipinski definition) is 3. The van der Waals surface area contributed by atoms with E-state index in [9.17, 15) is 4.79 Å². The Morgan fingerprint density at radius 2 is 1.82 bits per heavy atom. The van der Waals surface area contributed by atoms with Crippen LogP contribution in [-0.2, 0) is 4.79 Å². The highest BCUT2D eigenvalue weighted by Gasteiger charge is 2.31. The van der Waals surface area contributed by atoms with Gasteiger partial charge in [-0.05, 0) is 32.2 Å². The highest BCUT2D eigenvalue weighted by molar-refractivity contribution is 5.76. The number of primary amides is 1. The summed E-state index contributed by atoms with van der Waals surface area (Å²) in [5, 5.41) is 0. The second-order valence-electron chi connectivity index (χ2n) is 5.61. The van der Waals surface area contributed by atoms with E-state index in [-0.39, 0.29) is 17.9 Å². The molecule has 0 aromatic carbocycles. The van der Waals surface area contributed by atoms with E-state index in [4.69, 9.17) is 11.5 Å². The van der Waals surface area contributed by atoms with Gasteiger partial charge in [0.05, 0.1) is 5.92 Å². The van der Waals surface area contributed by atoms with E-state index in [1.54, 1.807) is 0 Å². The summed E-state index contributed by atoms with van der Waals surface area (Å²) in [5.41, 5.74) is 11.7. The quantitative estimate of drug-likeness (QED) is 0.702. The van der Waals surface area contributed by atoms with Crippen LogP contribution in [0.3, 0.4) is 0 Å². The zero-order chi connectivity index (χ0) is 12.3. The van der Waals surface area contributed by atoms with Crippen LogP contribution in [0.4, 0.5) is 0 Å². The molecular formula is C13H25N3O. The van der Waals surface area contributed by atoms with Crippen LogP contribution in [0.2, 0.25) is 0 Å². The molecule has 4 nitrogen and oxygen atoms in total. The maximum Gasteiger partial charge on any atom is 0.221 e. The predicted molar refractivity (Wildman–Crippen MR) is 68.3 cm³/mol. The lowest BCUT2D eigenvalue weighted by atomic mass is 9.93. The maximum absolute atomic E-state index is 11.3. The van der Waals surface area contributed by atoms with E-state index >= 15 is 0 Å². The van der Waals surface area contributed by atoms with Crippen molar-refractivity contribution < 1.29 is 4.79 Å². The van der Waals surface area contributed by atoms with Crippen LogP contribution in [0.15, 0.2) is 0 Å². The van der Waals surface area contributed by atoms with Crippen molar-refractivity contribution in [2.75, 3.05) is 13.1 Å². The van der Waals surface area contributed by atoms with Crippen LogP contribution in [0.1, 0.15) is 44.9 Å². The monoisotopic (exact) mass is 239 g/mol.